The van der Waals surface area contributed by atoms with E-state index < -0.39 is 0 Å². The number of likely N-dealkylation sites (N-methyl/N-ethyl adjacent to an activating group) is 1. The van der Waals surface area contributed by atoms with Crippen molar-refractivity contribution < 1.29 is 0 Å². The van der Waals surface area contributed by atoms with Crippen molar-refractivity contribution >= 4 is 10.9 Å². The van der Waals surface area contributed by atoms with Crippen molar-refractivity contribution in [2.24, 2.45) is 0 Å². The lowest BCUT2D eigenvalue weighted by Crippen LogP contribution is -2.47. The summed E-state index contributed by atoms with van der Waals surface area (Å²) in [5.74, 6) is 0. The first-order chi connectivity index (χ1) is 12.3. The van der Waals surface area contributed by atoms with Crippen molar-refractivity contribution in [3.8, 4) is 0 Å². The molecule has 130 valence electrons. The third-order valence-corrected chi connectivity index (χ3v) is 5.44. The second-order valence-electron chi connectivity index (χ2n) is 6.87. The smallest absolute Gasteiger partial charge is 0.0641 e. The predicted octanol–water partition coefficient (Wildman–Crippen LogP) is 3.60. The minimum absolute atomic E-state index is 0.254. The number of nitrogens with one attached hydrogen (secondary N) is 1. The van der Waals surface area contributed by atoms with Gasteiger partial charge in [-0.3, -0.25) is 9.88 Å². The molecular weight excluding hydrogens is 308 g/mol. The summed E-state index contributed by atoms with van der Waals surface area (Å²) in [4.78, 5) is 13.1. The third kappa shape index (κ3) is 3.08. The van der Waals surface area contributed by atoms with Crippen LogP contribution in [0.4, 0.5) is 0 Å². The molecule has 3 heterocycles. The number of aromatic amines is 1. The number of hydrogen-bond acceptors (Lipinski definition) is 3. The lowest BCUT2D eigenvalue weighted by atomic mass is 9.95. The Morgan fingerprint density at radius 3 is 2.60 bits per heavy atom. The van der Waals surface area contributed by atoms with E-state index >= 15 is 0 Å². The molecule has 1 aliphatic heterocycles. The molecule has 4 rings (SSSR count). The van der Waals surface area contributed by atoms with E-state index in [-0.39, 0.29) is 6.04 Å². The first kappa shape index (κ1) is 16.3. The van der Waals surface area contributed by atoms with Gasteiger partial charge in [0.05, 0.1) is 6.04 Å². The summed E-state index contributed by atoms with van der Waals surface area (Å²) in [7, 11) is 0. The van der Waals surface area contributed by atoms with Crippen LogP contribution >= 0.6 is 0 Å². The zero-order chi connectivity index (χ0) is 17.2. The van der Waals surface area contributed by atoms with Crippen molar-refractivity contribution in [1.82, 2.24) is 19.8 Å². The lowest BCUT2D eigenvalue weighted by Gasteiger charge is -2.39. The summed E-state index contributed by atoms with van der Waals surface area (Å²) in [6.45, 7) is 10.0. The maximum Gasteiger partial charge on any atom is 0.0641 e. The fraction of sp³-hybridized carbons (Fsp3) is 0.381. The summed E-state index contributed by atoms with van der Waals surface area (Å²) in [5.41, 5.74) is 5.15. The maximum absolute atomic E-state index is 4.40. The molecule has 1 fully saturated rings. The predicted molar refractivity (Wildman–Crippen MR) is 103 cm³/mol. The molecule has 0 bridgehead atoms. The average Bonchev–Trinajstić information content (AvgIpc) is 3.00. The largest absolute Gasteiger partial charge is 0.358 e. The van der Waals surface area contributed by atoms with Crippen molar-refractivity contribution in [1.29, 1.82) is 0 Å². The normalized spacial score (nSPS) is 17.8. The summed E-state index contributed by atoms with van der Waals surface area (Å²) in [5, 5.41) is 1.33. The van der Waals surface area contributed by atoms with Gasteiger partial charge in [0.2, 0.25) is 0 Å². The van der Waals surface area contributed by atoms with Crippen LogP contribution in [0.2, 0.25) is 0 Å². The number of para-hydroxylation sites is 1. The highest BCUT2D eigenvalue weighted by atomic mass is 15.3. The van der Waals surface area contributed by atoms with Gasteiger partial charge < -0.3 is 9.88 Å². The lowest BCUT2D eigenvalue weighted by molar-refractivity contribution is 0.113. The van der Waals surface area contributed by atoms with Gasteiger partial charge in [-0.1, -0.05) is 31.2 Å². The number of rotatable bonds is 4. The van der Waals surface area contributed by atoms with E-state index in [0.29, 0.717) is 0 Å². The Balaban J connectivity index is 1.79. The van der Waals surface area contributed by atoms with Gasteiger partial charge in [0, 0.05) is 60.7 Å². The number of benzene rings is 1. The van der Waals surface area contributed by atoms with Gasteiger partial charge in [0.1, 0.15) is 0 Å². The molecule has 1 aromatic carbocycles. The molecule has 2 aromatic heterocycles. The molecule has 4 heteroatoms. The van der Waals surface area contributed by atoms with Crippen molar-refractivity contribution in [3.05, 3.63) is 65.6 Å². The van der Waals surface area contributed by atoms with Crippen molar-refractivity contribution in [2.75, 3.05) is 32.7 Å². The molecule has 1 atom stereocenters. The quantitative estimate of drug-likeness (QED) is 0.792. The average molecular weight is 334 g/mol. The minimum atomic E-state index is 0.254. The molecular formula is C21H26N4. The first-order valence-electron chi connectivity index (χ1n) is 9.21. The minimum Gasteiger partial charge on any atom is -0.358 e. The molecule has 3 aromatic rings. The number of H-pyrrole nitrogens is 1. The van der Waals surface area contributed by atoms with Crippen LogP contribution in [0.3, 0.4) is 0 Å². The number of aryl methyl sites for hydroxylation is 1. The molecule has 0 aliphatic carbocycles. The Labute approximate surface area is 149 Å². The maximum atomic E-state index is 4.40. The fourth-order valence-electron chi connectivity index (χ4n) is 4.09. The molecule has 0 amide bonds. The molecule has 1 saturated heterocycles. The van der Waals surface area contributed by atoms with E-state index in [2.05, 4.69) is 70.0 Å². The Bertz CT molecular complexity index is 831. The first-order valence-corrected chi connectivity index (χ1v) is 9.21. The zero-order valence-corrected chi connectivity index (χ0v) is 15.1. The number of pyridine rings is 1. The van der Waals surface area contributed by atoms with Gasteiger partial charge in [0.15, 0.2) is 0 Å². The molecule has 1 N–H and O–H groups in total. The topological polar surface area (TPSA) is 35.2 Å². The summed E-state index contributed by atoms with van der Waals surface area (Å²) in [6.07, 6.45) is 3.88. The summed E-state index contributed by atoms with van der Waals surface area (Å²) in [6, 6.07) is 13.2. The van der Waals surface area contributed by atoms with E-state index in [4.69, 9.17) is 0 Å². The van der Waals surface area contributed by atoms with E-state index in [0.717, 1.165) is 32.7 Å². The molecule has 25 heavy (non-hydrogen) atoms. The fourth-order valence-corrected chi connectivity index (χ4v) is 4.09. The van der Waals surface area contributed by atoms with Crippen LogP contribution in [0.1, 0.15) is 29.8 Å². The number of hydrogen-bond donors (Lipinski definition) is 1. The van der Waals surface area contributed by atoms with Gasteiger partial charge in [-0.2, -0.15) is 0 Å². The van der Waals surface area contributed by atoms with Crippen LogP contribution in [0, 0.1) is 6.92 Å². The Hall–Kier alpha value is -2.17. The van der Waals surface area contributed by atoms with Gasteiger partial charge in [-0.05, 0) is 31.2 Å². The number of fused-ring (bicyclic) bond motifs is 1. The Morgan fingerprint density at radius 2 is 1.88 bits per heavy atom. The van der Waals surface area contributed by atoms with Crippen molar-refractivity contribution in [2.45, 2.75) is 19.9 Å². The van der Waals surface area contributed by atoms with Gasteiger partial charge in [-0.15, -0.1) is 0 Å². The highest BCUT2D eigenvalue weighted by Gasteiger charge is 2.29. The van der Waals surface area contributed by atoms with Crippen LogP contribution in [-0.4, -0.2) is 52.5 Å². The molecule has 0 radical (unpaired) electrons. The SMILES string of the molecule is CCN1CCN([C@H](c2cccnc2)c2c(C)[nH]c3ccccc23)CC1. The standard InChI is InChI=1S/C21H26N4/c1-3-24-11-13-25(14-12-24)21(17-7-6-10-22-15-17)20-16(2)23-19-9-5-4-8-18(19)20/h4-10,15,21,23H,3,11-14H2,1-2H3/t21-/m1/s1. The summed E-state index contributed by atoms with van der Waals surface area (Å²) < 4.78 is 0. The van der Waals surface area contributed by atoms with E-state index in [1.165, 1.54) is 27.7 Å². The molecule has 0 saturated carbocycles. The molecule has 4 nitrogen and oxygen atoms in total. The zero-order valence-electron chi connectivity index (χ0n) is 15.1. The highest BCUT2D eigenvalue weighted by Crippen LogP contribution is 2.36. The van der Waals surface area contributed by atoms with Crippen LogP contribution < -0.4 is 0 Å². The molecule has 1 aliphatic rings. The second kappa shape index (κ2) is 6.98. The van der Waals surface area contributed by atoms with Gasteiger partial charge in [0.25, 0.3) is 0 Å². The van der Waals surface area contributed by atoms with Crippen molar-refractivity contribution in [3.63, 3.8) is 0 Å². The molecule has 0 unspecified atom stereocenters. The van der Waals surface area contributed by atoms with E-state index in [1.54, 1.807) is 0 Å². The van der Waals surface area contributed by atoms with E-state index in [9.17, 15) is 0 Å². The highest BCUT2D eigenvalue weighted by molar-refractivity contribution is 5.85. The third-order valence-electron chi connectivity index (χ3n) is 5.44. The molecule has 0 spiro atoms. The van der Waals surface area contributed by atoms with Gasteiger partial charge >= 0.3 is 0 Å². The van der Waals surface area contributed by atoms with Crippen LogP contribution in [0.25, 0.3) is 10.9 Å². The number of aromatic nitrogens is 2. The number of piperazine rings is 1. The van der Waals surface area contributed by atoms with Crippen LogP contribution in [0.5, 0.6) is 0 Å². The Morgan fingerprint density at radius 1 is 1.08 bits per heavy atom. The van der Waals surface area contributed by atoms with Gasteiger partial charge in [-0.25, -0.2) is 0 Å². The summed E-state index contributed by atoms with van der Waals surface area (Å²) >= 11 is 0. The van der Waals surface area contributed by atoms with Crippen LogP contribution in [0.15, 0.2) is 48.8 Å². The Kier molecular flexibility index (Phi) is 4.55. The van der Waals surface area contributed by atoms with Crippen LogP contribution in [-0.2, 0) is 0 Å². The van der Waals surface area contributed by atoms with E-state index in [1.807, 2.05) is 12.4 Å². The number of nitrogens with zero attached hydrogens (tertiary/aromatic N) is 3. The second-order valence-corrected chi connectivity index (χ2v) is 6.87. The monoisotopic (exact) mass is 334 g/mol.